The fourth-order valence-corrected chi connectivity index (χ4v) is 3.96. The molecule has 32 heavy (non-hydrogen) atoms. The van der Waals surface area contributed by atoms with Crippen LogP contribution < -0.4 is 18.9 Å². The average Bonchev–Trinajstić information content (AvgIpc) is 2.83. The summed E-state index contributed by atoms with van der Waals surface area (Å²) in [5.41, 5.74) is 2.49. The largest absolute Gasteiger partial charge is 0.497 e. The van der Waals surface area contributed by atoms with E-state index in [2.05, 4.69) is 4.90 Å². The van der Waals surface area contributed by atoms with Gasteiger partial charge in [0.1, 0.15) is 11.5 Å². The van der Waals surface area contributed by atoms with Gasteiger partial charge in [-0.3, -0.25) is 9.69 Å². The molecule has 0 aromatic heterocycles. The fraction of sp³-hybridized carbons (Fsp3) is 0.400. The SMILES string of the molecule is C/C=C/c1cc(C(=O)N2CCN(Cc3cc(OC)ccc3OC)CC2)cc(OC)c1OC. The van der Waals surface area contributed by atoms with Gasteiger partial charge in [0.15, 0.2) is 11.5 Å². The Bertz CT molecular complexity index is 965. The van der Waals surface area contributed by atoms with Crippen molar-refractivity contribution >= 4 is 12.0 Å². The first-order valence-corrected chi connectivity index (χ1v) is 10.7. The standard InChI is InChI=1S/C25H32N2O5/c1-6-7-18-14-19(16-23(31-4)24(18)32-5)25(28)27-12-10-26(11-13-27)17-20-15-21(29-2)8-9-22(20)30-3/h6-9,14-16H,10-13,17H2,1-5H3/b7-6+. The Morgan fingerprint density at radius 1 is 0.906 bits per heavy atom. The maximum absolute atomic E-state index is 13.2. The molecule has 0 radical (unpaired) electrons. The van der Waals surface area contributed by atoms with Gasteiger partial charge in [0.2, 0.25) is 0 Å². The van der Waals surface area contributed by atoms with Crippen LogP contribution in [0.25, 0.3) is 6.08 Å². The lowest BCUT2D eigenvalue weighted by atomic mass is 10.1. The molecule has 3 rings (SSSR count). The number of nitrogens with zero attached hydrogens (tertiary/aromatic N) is 2. The molecule has 0 spiro atoms. The Hall–Kier alpha value is -3.19. The molecular weight excluding hydrogens is 408 g/mol. The highest BCUT2D eigenvalue weighted by molar-refractivity contribution is 5.96. The highest BCUT2D eigenvalue weighted by Crippen LogP contribution is 2.34. The summed E-state index contributed by atoms with van der Waals surface area (Å²) in [7, 11) is 6.51. The molecule has 2 aromatic rings. The number of allylic oxidation sites excluding steroid dienone is 1. The molecule has 0 saturated carbocycles. The molecule has 0 N–H and O–H groups in total. The normalized spacial score (nSPS) is 14.5. The molecule has 0 bridgehead atoms. The molecule has 1 amide bonds. The minimum atomic E-state index is -0.00434. The topological polar surface area (TPSA) is 60.5 Å². The van der Waals surface area contributed by atoms with Gasteiger partial charge in [0, 0.05) is 49.4 Å². The predicted molar refractivity (Wildman–Crippen MR) is 125 cm³/mol. The maximum atomic E-state index is 13.2. The smallest absolute Gasteiger partial charge is 0.254 e. The number of benzene rings is 2. The van der Waals surface area contributed by atoms with Crippen molar-refractivity contribution < 1.29 is 23.7 Å². The molecule has 0 atom stereocenters. The summed E-state index contributed by atoms with van der Waals surface area (Å²) in [5, 5.41) is 0. The number of carbonyl (C=O) groups is 1. The number of hydrogen-bond donors (Lipinski definition) is 0. The molecule has 7 heteroatoms. The van der Waals surface area contributed by atoms with E-state index in [1.54, 1.807) is 34.5 Å². The van der Waals surface area contributed by atoms with Crippen LogP contribution in [-0.4, -0.2) is 70.3 Å². The zero-order valence-electron chi connectivity index (χ0n) is 19.5. The molecule has 2 aromatic carbocycles. The Morgan fingerprint density at radius 3 is 2.22 bits per heavy atom. The Balaban J connectivity index is 1.70. The summed E-state index contributed by atoms with van der Waals surface area (Å²) in [6, 6.07) is 9.43. The number of ether oxygens (including phenoxy) is 4. The van der Waals surface area contributed by atoms with Crippen LogP contribution in [0.15, 0.2) is 36.4 Å². The third-order valence-corrected chi connectivity index (χ3v) is 5.64. The fourth-order valence-electron chi connectivity index (χ4n) is 3.96. The molecule has 0 unspecified atom stereocenters. The van der Waals surface area contributed by atoms with Crippen molar-refractivity contribution in [2.45, 2.75) is 13.5 Å². The van der Waals surface area contributed by atoms with E-state index in [0.717, 1.165) is 42.3 Å². The summed E-state index contributed by atoms with van der Waals surface area (Å²) in [6.07, 6.45) is 3.83. The number of hydrogen-bond acceptors (Lipinski definition) is 6. The highest BCUT2D eigenvalue weighted by Gasteiger charge is 2.24. The van der Waals surface area contributed by atoms with Gasteiger partial charge in [-0.15, -0.1) is 0 Å². The van der Waals surface area contributed by atoms with Gasteiger partial charge in [-0.2, -0.15) is 0 Å². The second-order valence-electron chi connectivity index (χ2n) is 7.55. The van der Waals surface area contributed by atoms with Crippen LogP contribution in [0.4, 0.5) is 0 Å². The predicted octanol–water partition coefficient (Wildman–Crippen LogP) is 3.71. The van der Waals surface area contributed by atoms with Crippen LogP contribution >= 0.6 is 0 Å². The number of rotatable bonds is 8. The van der Waals surface area contributed by atoms with E-state index in [1.807, 2.05) is 48.2 Å². The van der Waals surface area contributed by atoms with E-state index in [1.165, 1.54) is 0 Å². The quantitative estimate of drug-likeness (QED) is 0.624. The summed E-state index contributed by atoms with van der Waals surface area (Å²) in [5.74, 6) is 2.82. The average molecular weight is 441 g/mol. The van der Waals surface area contributed by atoms with Crippen LogP contribution in [-0.2, 0) is 6.54 Å². The van der Waals surface area contributed by atoms with Crippen LogP contribution in [0.1, 0.15) is 28.4 Å². The van der Waals surface area contributed by atoms with Crippen molar-refractivity contribution in [2.75, 3.05) is 54.6 Å². The lowest BCUT2D eigenvalue weighted by molar-refractivity contribution is 0.0627. The van der Waals surface area contributed by atoms with Gasteiger partial charge in [0.05, 0.1) is 28.4 Å². The first-order chi connectivity index (χ1) is 15.5. The van der Waals surface area contributed by atoms with Crippen LogP contribution in [0, 0.1) is 0 Å². The lowest BCUT2D eigenvalue weighted by Gasteiger charge is -2.35. The van der Waals surface area contributed by atoms with Gasteiger partial charge < -0.3 is 23.8 Å². The van der Waals surface area contributed by atoms with Crippen LogP contribution in [0.5, 0.6) is 23.0 Å². The number of methoxy groups -OCH3 is 4. The third-order valence-electron chi connectivity index (χ3n) is 5.64. The minimum absolute atomic E-state index is 0.00434. The van der Waals surface area contributed by atoms with E-state index < -0.39 is 0 Å². The van der Waals surface area contributed by atoms with E-state index in [9.17, 15) is 4.79 Å². The second kappa shape index (κ2) is 10.9. The zero-order valence-corrected chi connectivity index (χ0v) is 19.5. The van der Waals surface area contributed by atoms with Gasteiger partial charge in [-0.25, -0.2) is 0 Å². The van der Waals surface area contributed by atoms with Crippen molar-refractivity contribution in [2.24, 2.45) is 0 Å². The summed E-state index contributed by atoms with van der Waals surface area (Å²) < 4.78 is 21.8. The molecule has 7 nitrogen and oxygen atoms in total. The van der Waals surface area contributed by atoms with Crippen molar-refractivity contribution in [3.63, 3.8) is 0 Å². The van der Waals surface area contributed by atoms with Gasteiger partial charge in [-0.1, -0.05) is 12.2 Å². The van der Waals surface area contributed by atoms with E-state index in [4.69, 9.17) is 18.9 Å². The number of carbonyl (C=O) groups excluding carboxylic acids is 1. The second-order valence-corrected chi connectivity index (χ2v) is 7.55. The van der Waals surface area contributed by atoms with E-state index >= 15 is 0 Å². The number of amides is 1. The summed E-state index contributed by atoms with van der Waals surface area (Å²) >= 11 is 0. The van der Waals surface area contributed by atoms with Gasteiger partial charge >= 0.3 is 0 Å². The molecule has 1 heterocycles. The highest BCUT2D eigenvalue weighted by atomic mass is 16.5. The maximum Gasteiger partial charge on any atom is 0.254 e. The first kappa shape index (κ1) is 23.5. The Kier molecular flexibility index (Phi) is 8.00. The van der Waals surface area contributed by atoms with Crippen molar-refractivity contribution in [3.8, 4) is 23.0 Å². The van der Waals surface area contributed by atoms with E-state index in [0.29, 0.717) is 30.2 Å². The lowest BCUT2D eigenvalue weighted by Crippen LogP contribution is -2.48. The Labute approximate surface area is 190 Å². The number of piperazine rings is 1. The molecule has 1 saturated heterocycles. The first-order valence-electron chi connectivity index (χ1n) is 10.7. The van der Waals surface area contributed by atoms with Crippen molar-refractivity contribution in [1.29, 1.82) is 0 Å². The van der Waals surface area contributed by atoms with Crippen molar-refractivity contribution in [3.05, 3.63) is 53.1 Å². The van der Waals surface area contributed by atoms with Gasteiger partial charge in [-0.05, 0) is 37.3 Å². The molecule has 172 valence electrons. The Morgan fingerprint density at radius 2 is 1.62 bits per heavy atom. The molecule has 1 fully saturated rings. The van der Waals surface area contributed by atoms with Crippen LogP contribution in [0.3, 0.4) is 0 Å². The van der Waals surface area contributed by atoms with E-state index in [-0.39, 0.29) is 5.91 Å². The van der Waals surface area contributed by atoms with Crippen molar-refractivity contribution in [1.82, 2.24) is 9.80 Å². The molecule has 1 aliphatic heterocycles. The monoisotopic (exact) mass is 440 g/mol. The summed E-state index contributed by atoms with van der Waals surface area (Å²) in [4.78, 5) is 17.4. The minimum Gasteiger partial charge on any atom is -0.497 e. The molecule has 1 aliphatic rings. The zero-order chi connectivity index (χ0) is 23.1. The molecular formula is C25H32N2O5. The van der Waals surface area contributed by atoms with Gasteiger partial charge in [0.25, 0.3) is 5.91 Å². The van der Waals surface area contributed by atoms with Crippen LogP contribution in [0.2, 0.25) is 0 Å². The third kappa shape index (κ3) is 5.16. The summed E-state index contributed by atoms with van der Waals surface area (Å²) in [6.45, 7) is 5.53. The molecule has 0 aliphatic carbocycles.